The van der Waals surface area contributed by atoms with Crippen molar-refractivity contribution in [3.05, 3.63) is 29.8 Å². The highest BCUT2D eigenvalue weighted by atomic mass is 16.7. The van der Waals surface area contributed by atoms with E-state index in [2.05, 4.69) is 16.9 Å². The van der Waals surface area contributed by atoms with Crippen LogP contribution >= 0.6 is 0 Å². The Labute approximate surface area is 113 Å². The van der Waals surface area contributed by atoms with Gasteiger partial charge in [-0.25, -0.2) is 0 Å². The van der Waals surface area contributed by atoms with Gasteiger partial charge in [0.15, 0.2) is 11.5 Å². The lowest BCUT2D eigenvalue weighted by atomic mass is 10.1. The lowest BCUT2D eigenvalue weighted by molar-refractivity contribution is -0.140. The number of fused-ring (bicyclic) bond motifs is 1. The smallest absolute Gasteiger partial charge is 0.305 e. The van der Waals surface area contributed by atoms with Crippen molar-refractivity contribution in [1.29, 1.82) is 0 Å². The van der Waals surface area contributed by atoms with E-state index in [0.29, 0.717) is 13.2 Å². The monoisotopic (exact) mass is 262 g/mol. The molecule has 0 radical (unpaired) electrons. The summed E-state index contributed by atoms with van der Waals surface area (Å²) in [7, 11) is 1.42. The van der Waals surface area contributed by atoms with E-state index >= 15 is 0 Å². The molecule has 1 aliphatic rings. The van der Waals surface area contributed by atoms with E-state index < -0.39 is 0 Å². The maximum Gasteiger partial charge on any atom is 0.305 e. The number of methoxy groups -OCH3 is 1. The SMILES string of the molecule is COC(=O)CCCC/C=C/c1ccc2c(c1)OCO2. The Morgan fingerprint density at radius 1 is 1.32 bits per heavy atom. The number of carbonyl (C=O) groups is 1. The highest BCUT2D eigenvalue weighted by Crippen LogP contribution is 2.32. The van der Waals surface area contributed by atoms with Gasteiger partial charge in [0.05, 0.1) is 7.11 Å². The molecule has 1 aromatic carbocycles. The minimum absolute atomic E-state index is 0.139. The van der Waals surface area contributed by atoms with Crippen LogP contribution in [0.25, 0.3) is 6.08 Å². The number of unbranched alkanes of at least 4 members (excludes halogenated alkanes) is 2. The normalized spacial score (nSPS) is 12.9. The van der Waals surface area contributed by atoms with Crippen LogP contribution < -0.4 is 9.47 Å². The molecule has 0 fully saturated rings. The Balaban J connectivity index is 1.72. The molecular formula is C15H18O4. The lowest BCUT2D eigenvalue weighted by Crippen LogP contribution is -1.98. The molecule has 102 valence electrons. The van der Waals surface area contributed by atoms with E-state index in [0.717, 1.165) is 36.3 Å². The van der Waals surface area contributed by atoms with Gasteiger partial charge in [-0.1, -0.05) is 18.2 Å². The number of hydrogen-bond acceptors (Lipinski definition) is 4. The van der Waals surface area contributed by atoms with E-state index in [9.17, 15) is 4.79 Å². The third-order valence-electron chi connectivity index (χ3n) is 2.94. The Morgan fingerprint density at radius 3 is 3.00 bits per heavy atom. The molecule has 2 rings (SSSR count). The summed E-state index contributed by atoms with van der Waals surface area (Å²) in [5, 5.41) is 0. The van der Waals surface area contributed by atoms with Gasteiger partial charge in [0.2, 0.25) is 6.79 Å². The zero-order valence-electron chi connectivity index (χ0n) is 11.1. The molecule has 0 spiro atoms. The van der Waals surface area contributed by atoms with Crippen LogP contribution in [0.2, 0.25) is 0 Å². The summed E-state index contributed by atoms with van der Waals surface area (Å²) in [5.41, 5.74) is 1.09. The molecule has 0 bridgehead atoms. The summed E-state index contributed by atoms with van der Waals surface area (Å²) in [4.78, 5) is 10.9. The Kier molecular flexibility index (Phi) is 4.84. The average molecular weight is 262 g/mol. The fourth-order valence-corrected chi connectivity index (χ4v) is 1.87. The Hall–Kier alpha value is -1.97. The van der Waals surface area contributed by atoms with Gasteiger partial charge in [-0.3, -0.25) is 4.79 Å². The van der Waals surface area contributed by atoms with E-state index in [1.807, 2.05) is 18.2 Å². The van der Waals surface area contributed by atoms with Gasteiger partial charge in [-0.15, -0.1) is 0 Å². The summed E-state index contributed by atoms with van der Waals surface area (Å²) in [5.74, 6) is 1.46. The van der Waals surface area contributed by atoms with Gasteiger partial charge in [-0.05, 0) is 37.0 Å². The number of esters is 1. The third kappa shape index (κ3) is 4.02. The molecule has 1 heterocycles. The first-order chi connectivity index (χ1) is 9.29. The molecular weight excluding hydrogens is 244 g/mol. The summed E-state index contributed by atoms with van der Waals surface area (Å²) in [6.07, 6.45) is 7.45. The van der Waals surface area contributed by atoms with Crippen molar-refractivity contribution in [3.8, 4) is 11.5 Å². The van der Waals surface area contributed by atoms with Gasteiger partial charge in [0.25, 0.3) is 0 Å². The molecule has 0 aromatic heterocycles. The Morgan fingerprint density at radius 2 is 2.16 bits per heavy atom. The van der Waals surface area contributed by atoms with Crippen LogP contribution in [0.15, 0.2) is 24.3 Å². The molecule has 1 aromatic rings. The summed E-state index contributed by atoms with van der Waals surface area (Å²) < 4.78 is 15.2. The predicted octanol–water partition coefficient (Wildman–Crippen LogP) is 3.16. The van der Waals surface area contributed by atoms with Crippen molar-refractivity contribution in [2.75, 3.05) is 13.9 Å². The first-order valence-corrected chi connectivity index (χ1v) is 6.42. The minimum Gasteiger partial charge on any atom is -0.469 e. The first kappa shape index (κ1) is 13.5. The van der Waals surface area contributed by atoms with Crippen molar-refractivity contribution >= 4 is 12.0 Å². The number of rotatable bonds is 6. The van der Waals surface area contributed by atoms with E-state index in [1.165, 1.54) is 7.11 Å². The van der Waals surface area contributed by atoms with Crippen LogP contribution in [-0.2, 0) is 9.53 Å². The average Bonchev–Trinajstić information content (AvgIpc) is 2.89. The number of ether oxygens (including phenoxy) is 3. The van der Waals surface area contributed by atoms with Gasteiger partial charge < -0.3 is 14.2 Å². The van der Waals surface area contributed by atoms with Gasteiger partial charge in [0, 0.05) is 6.42 Å². The molecule has 19 heavy (non-hydrogen) atoms. The fraction of sp³-hybridized carbons (Fsp3) is 0.400. The molecule has 4 heteroatoms. The Bertz CT molecular complexity index is 465. The van der Waals surface area contributed by atoms with Gasteiger partial charge in [-0.2, -0.15) is 0 Å². The van der Waals surface area contributed by atoms with Crippen LogP contribution in [0, 0.1) is 0 Å². The van der Waals surface area contributed by atoms with Crippen molar-refractivity contribution < 1.29 is 19.0 Å². The van der Waals surface area contributed by atoms with Gasteiger partial charge >= 0.3 is 5.97 Å². The number of allylic oxidation sites excluding steroid dienone is 1. The second-order valence-electron chi connectivity index (χ2n) is 4.34. The lowest BCUT2D eigenvalue weighted by Gasteiger charge is -1.98. The zero-order valence-corrected chi connectivity index (χ0v) is 11.1. The van der Waals surface area contributed by atoms with Crippen LogP contribution in [-0.4, -0.2) is 19.9 Å². The molecule has 0 aliphatic carbocycles. The second-order valence-corrected chi connectivity index (χ2v) is 4.34. The van der Waals surface area contributed by atoms with E-state index in [4.69, 9.17) is 9.47 Å². The molecule has 0 unspecified atom stereocenters. The maximum absolute atomic E-state index is 10.9. The van der Waals surface area contributed by atoms with Crippen LogP contribution in [0.1, 0.15) is 31.2 Å². The van der Waals surface area contributed by atoms with Crippen LogP contribution in [0.3, 0.4) is 0 Å². The topological polar surface area (TPSA) is 44.8 Å². The van der Waals surface area contributed by atoms with Crippen molar-refractivity contribution in [2.24, 2.45) is 0 Å². The fourth-order valence-electron chi connectivity index (χ4n) is 1.87. The van der Waals surface area contributed by atoms with Crippen molar-refractivity contribution in [1.82, 2.24) is 0 Å². The third-order valence-corrected chi connectivity index (χ3v) is 2.94. The van der Waals surface area contributed by atoms with Gasteiger partial charge in [0.1, 0.15) is 0 Å². The molecule has 0 amide bonds. The first-order valence-electron chi connectivity index (χ1n) is 6.42. The van der Waals surface area contributed by atoms with Crippen LogP contribution in [0.5, 0.6) is 11.5 Å². The molecule has 0 atom stereocenters. The number of carbonyl (C=O) groups excluding carboxylic acids is 1. The highest BCUT2D eigenvalue weighted by Gasteiger charge is 2.11. The van der Waals surface area contributed by atoms with Crippen molar-refractivity contribution in [3.63, 3.8) is 0 Å². The standard InChI is InChI=1S/C15H18O4/c1-17-15(16)7-5-3-2-4-6-12-8-9-13-14(10-12)19-11-18-13/h4,6,8-10H,2-3,5,7,11H2,1H3/b6-4+. The van der Waals surface area contributed by atoms with Crippen molar-refractivity contribution in [2.45, 2.75) is 25.7 Å². The predicted molar refractivity (Wildman–Crippen MR) is 72.1 cm³/mol. The second kappa shape index (κ2) is 6.83. The largest absolute Gasteiger partial charge is 0.469 e. The highest BCUT2D eigenvalue weighted by molar-refractivity contribution is 5.69. The van der Waals surface area contributed by atoms with Crippen LogP contribution in [0.4, 0.5) is 0 Å². The van der Waals surface area contributed by atoms with E-state index in [-0.39, 0.29) is 5.97 Å². The molecule has 0 saturated heterocycles. The maximum atomic E-state index is 10.9. The number of hydrogen-bond donors (Lipinski definition) is 0. The minimum atomic E-state index is -0.139. The summed E-state index contributed by atoms with van der Waals surface area (Å²) in [6.45, 7) is 0.302. The zero-order chi connectivity index (χ0) is 13.5. The van der Waals surface area contributed by atoms with E-state index in [1.54, 1.807) is 0 Å². The molecule has 1 aliphatic heterocycles. The molecule has 4 nitrogen and oxygen atoms in total. The molecule has 0 saturated carbocycles. The number of benzene rings is 1. The summed E-state index contributed by atoms with van der Waals surface area (Å²) >= 11 is 0. The molecule has 0 N–H and O–H groups in total. The summed E-state index contributed by atoms with van der Waals surface area (Å²) in [6, 6.07) is 5.88. The quantitative estimate of drug-likeness (QED) is 0.583.